The molecule has 1 atom stereocenters. The third-order valence-corrected chi connectivity index (χ3v) is 4.84. The van der Waals surface area contributed by atoms with Gasteiger partial charge in [-0.05, 0) is 55.0 Å². The van der Waals surface area contributed by atoms with E-state index >= 15 is 0 Å². The number of hydrogen-bond acceptors (Lipinski definition) is 2. The van der Waals surface area contributed by atoms with Crippen molar-refractivity contribution in [3.63, 3.8) is 0 Å². The van der Waals surface area contributed by atoms with Gasteiger partial charge in [0.15, 0.2) is 0 Å². The quantitative estimate of drug-likeness (QED) is 0.900. The normalized spacial score (nSPS) is 19.8. The van der Waals surface area contributed by atoms with Gasteiger partial charge in [0.25, 0.3) is 0 Å². The second kappa shape index (κ2) is 5.19. The summed E-state index contributed by atoms with van der Waals surface area (Å²) < 4.78 is 6.01. The standard InChI is InChI=1S/C19H21NO/c1-20-18-11-10-15-14(7-3-8-16(15)18)17-9-2-5-13-6-4-12-21-19(13)17/h2-3,5,7-9,18,20H,4,6,10-12H2,1H3. The number of para-hydroxylation sites is 1. The minimum Gasteiger partial charge on any atom is -0.493 e. The van der Waals surface area contributed by atoms with Crippen LogP contribution >= 0.6 is 0 Å². The molecule has 0 amide bonds. The van der Waals surface area contributed by atoms with Crippen molar-refractivity contribution in [3.05, 3.63) is 53.1 Å². The second-order valence-electron chi connectivity index (χ2n) is 6.00. The Bertz CT molecular complexity index is 677. The topological polar surface area (TPSA) is 21.3 Å². The first-order valence-electron chi connectivity index (χ1n) is 7.92. The first-order chi connectivity index (χ1) is 10.4. The fraction of sp³-hybridized carbons (Fsp3) is 0.368. The Morgan fingerprint density at radius 2 is 1.90 bits per heavy atom. The molecule has 2 aliphatic rings. The van der Waals surface area contributed by atoms with Gasteiger partial charge < -0.3 is 10.1 Å². The monoisotopic (exact) mass is 279 g/mol. The van der Waals surface area contributed by atoms with Gasteiger partial charge in [0, 0.05) is 11.6 Å². The lowest BCUT2D eigenvalue weighted by molar-refractivity contribution is 0.289. The zero-order valence-electron chi connectivity index (χ0n) is 12.5. The highest BCUT2D eigenvalue weighted by molar-refractivity contribution is 5.76. The van der Waals surface area contributed by atoms with Crippen molar-refractivity contribution < 1.29 is 4.74 Å². The van der Waals surface area contributed by atoms with Crippen LogP contribution in [-0.2, 0) is 12.8 Å². The first kappa shape index (κ1) is 12.9. The molecule has 1 aliphatic heterocycles. The highest BCUT2D eigenvalue weighted by Gasteiger charge is 2.25. The zero-order chi connectivity index (χ0) is 14.2. The maximum absolute atomic E-state index is 6.01. The number of fused-ring (bicyclic) bond motifs is 2. The van der Waals surface area contributed by atoms with Crippen LogP contribution in [0.1, 0.15) is 35.6 Å². The Labute approximate surface area is 126 Å². The van der Waals surface area contributed by atoms with E-state index in [0.29, 0.717) is 6.04 Å². The summed E-state index contributed by atoms with van der Waals surface area (Å²) in [7, 11) is 2.06. The van der Waals surface area contributed by atoms with Gasteiger partial charge in [-0.15, -0.1) is 0 Å². The van der Waals surface area contributed by atoms with Crippen LogP contribution in [0.25, 0.3) is 11.1 Å². The Kier molecular flexibility index (Phi) is 3.19. The van der Waals surface area contributed by atoms with Gasteiger partial charge in [-0.1, -0.05) is 36.4 Å². The minimum absolute atomic E-state index is 0.500. The third kappa shape index (κ3) is 2.06. The summed E-state index contributed by atoms with van der Waals surface area (Å²) in [5, 5.41) is 3.43. The number of aryl methyl sites for hydroxylation is 1. The predicted octanol–water partition coefficient (Wildman–Crippen LogP) is 3.89. The molecule has 1 aliphatic carbocycles. The minimum atomic E-state index is 0.500. The van der Waals surface area contributed by atoms with Gasteiger partial charge >= 0.3 is 0 Å². The van der Waals surface area contributed by atoms with Crippen LogP contribution < -0.4 is 10.1 Å². The van der Waals surface area contributed by atoms with Crippen molar-refractivity contribution in [1.29, 1.82) is 0 Å². The summed E-state index contributed by atoms with van der Waals surface area (Å²) in [6.45, 7) is 0.845. The highest BCUT2D eigenvalue weighted by atomic mass is 16.5. The van der Waals surface area contributed by atoms with Crippen molar-refractivity contribution in [1.82, 2.24) is 5.32 Å². The van der Waals surface area contributed by atoms with Crippen molar-refractivity contribution in [3.8, 4) is 16.9 Å². The number of hydrogen-bond donors (Lipinski definition) is 1. The molecular formula is C19H21NO. The molecule has 0 saturated carbocycles. The van der Waals surface area contributed by atoms with E-state index in [1.165, 1.54) is 34.2 Å². The summed E-state index contributed by atoms with van der Waals surface area (Å²) in [5.41, 5.74) is 6.96. The molecule has 108 valence electrons. The van der Waals surface area contributed by atoms with Crippen LogP contribution in [0.5, 0.6) is 5.75 Å². The van der Waals surface area contributed by atoms with Crippen LogP contribution in [0, 0.1) is 0 Å². The van der Waals surface area contributed by atoms with Crippen molar-refractivity contribution in [2.45, 2.75) is 31.7 Å². The smallest absolute Gasteiger partial charge is 0.130 e. The molecule has 0 bridgehead atoms. The van der Waals surface area contributed by atoms with Crippen LogP contribution in [0.4, 0.5) is 0 Å². The zero-order valence-corrected chi connectivity index (χ0v) is 12.5. The largest absolute Gasteiger partial charge is 0.493 e. The van der Waals surface area contributed by atoms with Crippen LogP contribution in [-0.4, -0.2) is 13.7 Å². The molecule has 0 saturated heterocycles. The summed E-state index contributed by atoms with van der Waals surface area (Å²) in [4.78, 5) is 0. The molecule has 21 heavy (non-hydrogen) atoms. The molecule has 1 unspecified atom stereocenters. The molecule has 0 fully saturated rings. The number of rotatable bonds is 2. The molecular weight excluding hydrogens is 258 g/mol. The van der Waals surface area contributed by atoms with E-state index in [4.69, 9.17) is 4.74 Å². The van der Waals surface area contributed by atoms with E-state index in [0.717, 1.165) is 31.6 Å². The van der Waals surface area contributed by atoms with E-state index in [1.807, 2.05) is 0 Å². The number of nitrogens with one attached hydrogen (secondary N) is 1. The van der Waals surface area contributed by atoms with E-state index in [9.17, 15) is 0 Å². The van der Waals surface area contributed by atoms with Crippen molar-refractivity contribution in [2.75, 3.05) is 13.7 Å². The second-order valence-corrected chi connectivity index (χ2v) is 6.00. The lowest BCUT2D eigenvalue weighted by Gasteiger charge is -2.21. The number of ether oxygens (including phenoxy) is 1. The number of benzene rings is 2. The third-order valence-electron chi connectivity index (χ3n) is 4.84. The molecule has 0 spiro atoms. The van der Waals surface area contributed by atoms with Crippen LogP contribution in [0.3, 0.4) is 0 Å². The van der Waals surface area contributed by atoms with Gasteiger partial charge in [-0.3, -0.25) is 0 Å². The van der Waals surface area contributed by atoms with Crippen molar-refractivity contribution in [2.24, 2.45) is 0 Å². The SMILES string of the molecule is CNC1CCc2c(-c3cccc4c3OCCC4)cccc21. The summed E-state index contributed by atoms with van der Waals surface area (Å²) >= 11 is 0. The van der Waals surface area contributed by atoms with Crippen LogP contribution in [0.15, 0.2) is 36.4 Å². The molecule has 2 nitrogen and oxygen atoms in total. The Balaban J connectivity index is 1.87. The average molecular weight is 279 g/mol. The lowest BCUT2D eigenvalue weighted by atomic mass is 9.92. The van der Waals surface area contributed by atoms with Gasteiger partial charge in [0.2, 0.25) is 0 Å². The summed E-state index contributed by atoms with van der Waals surface area (Å²) in [6.07, 6.45) is 4.61. The van der Waals surface area contributed by atoms with E-state index in [-0.39, 0.29) is 0 Å². The van der Waals surface area contributed by atoms with Crippen molar-refractivity contribution >= 4 is 0 Å². The first-order valence-corrected chi connectivity index (χ1v) is 7.92. The summed E-state index contributed by atoms with van der Waals surface area (Å²) in [5.74, 6) is 1.12. The predicted molar refractivity (Wildman–Crippen MR) is 85.8 cm³/mol. The molecule has 1 heterocycles. The summed E-state index contributed by atoms with van der Waals surface area (Å²) in [6, 6.07) is 13.8. The van der Waals surface area contributed by atoms with Gasteiger partial charge in [-0.2, -0.15) is 0 Å². The van der Waals surface area contributed by atoms with E-state index in [1.54, 1.807) is 0 Å². The molecule has 0 radical (unpaired) electrons. The van der Waals surface area contributed by atoms with Gasteiger partial charge in [0.05, 0.1) is 6.61 Å². The molecule has 2 aromatic rings. The average Bonchev–Trinajstić information content (AvgIpc) is 2.97. The lowest BCUT2D eigenvalue weighted by Crippen LogP contribution is -2.12. The molecule has 0 aromatic heterocycles. The van der Waals surface area contributed by atoms with Gasteiger partial charge in [0.1, 0.15) is 5.75 Å². The van der Waals surface area contributed by atoms with Gasteiger partial charge in [-0.25, -0.2) is 0 Å². The van der Waals surface area contributed by atoms with E-state index in [2.05, 4.69) is 48.8 Å². The highest BCUT2D eigenvalue weighted by Crippen LogP contribution is 2.42. The molecule has 1 N–H and O–H groups in total. The Morgan fingerprint density at radius 3 is 2.81 bits per heavy atom. The Morgan fingerprint density at radius 1 is 1.05 bits per heavy atom. The Hall–Kier alpha value is -1.80. The maximum Gasteiger partial charge on any atom is 0.130 e. The molecule has 2 aromatic carbocycles. The fourth-order valence-corrected chi connectivity index (χ4v) is 3.81. The van der Waals surface area contributed by atoms with E-state index < -0.39 is 0 Å². The van der Waals surface area contributed by atoms with Crippen LogP contribution in [0.2, 0.25) is 0 Å². The fourth-order valence-electron chi connectivity index (χ4n) is 3.81. The molecule has 2 heteroatoms. The molecule has 4 rings (SSSR count). The maximum atomic E-state index is 6.01.